The number of benzene rings is 1. The van der Waals surface area contributed by atoms with Crippen molar-refractivity contribution in [2.24, 2.45) is 11.8 Å². The number of nitrogens with one attached hydrogen (secondary N) is 1. The van der Waals surface area contributed by atoms with Crippen molar-refractivity contribution in [1.82, 2.24) is 10.2 Å². The van der Waals surface area contributed by atoms with Crippen molar-refractivity contribution in [3.05, 3.63) is 48.2 Å². The molecule has 0 saturated heterocycles. The van der Waals surface area contributed by atoms with Gasteiger partial charge in [-0.2, -0.15) is 0 Å². The SMILES string of the molecule is C=C(C1CCCC1c1ccccc1)N(C)C(C(=O)NC(C)C)C(C)C. The van der Waals surface area contributed by atoms with E-state index in [9.17, 15) is 4.79 Å². The summed E-state index contributed by atoms with van der Waals surface area (Å²) in [5, 5.41) is 3.07. The Balaban J connectivity index is 2.17. The van der Waals surface area contributed by atoms with E-state index in [1.54, 1.807) is 0 Å². The maximum absolute atomic E-state index is 12.7. The first-order chi connectivity index (χ1) is 11.8. The summed E-state index contributed by atoms with van der Waals surface area (Å²) in [7, 11) is 2.04. The second kappa shape index (κ2) is 8.55. The summed E-state index contributed by atoms with van der Waals surface area (Å²) in [5.41, 5.74) is 2.50. The highest BCUT2D eigenvalue weighted by molar-refractivity contribution is 5.82. The Morgan fingerprint density at radius 1 is 1.16 bits per heavy atom. The van der Waals surface area contributed by atoms with Gasteiger partial charge in [-0.25, -0.2) is 0 Å². The average molecular weight is 343 g/mol. The summed E-state index contributed by atoms with van der Waals surface area (Å²) in [4.78, 5) is 14.8. The van der Waals surface area contributed by atoms with Gasteiger partial charge in [0.15, 0.2) is 0 Å². The predicted octanol–water partition coefficient (Wildman–Crippen LogP) is 4.57. The highest BCUT2D eigenvalue weighted by Crippen LogP contribution is 2.44. The fourth-order valence-electron chi connectivity index (χ4n) is 4.19. The van der Waals surface area contributed by atoms with E-state index in [0.717, 1.165) is 12.1 Å². The van der Waals surface area contributed by atoms with E-state index in [1.165, 1.54) is 18.4 Å². The van der Waals surface area contributed by atoms with Crippen LogP contribution < -0.4 is 5.32 Å². The number of carbonyl (C=O) groups excluding carboxylic acids is 1. The summed E-state index contributed by atoms with van der Waals surface area (Å²) in [6.07, 6.45) is 3.58. The van der Waals surface area contributed by atoms with Crippen LogP contribution in [0.2, 0.25) is 0 Å². The van der Waals surface area contributed by atoms with Crippen molar-refractivity contribution in [3.8, 4) is 0 Å². The van der Waals surface area contributed by atoms with Gasteiger partial charge in [-0.05, 0) is 44.1 Å². The minimum atomic E-state index is -0.174. The van der Waals surface area contributed by atoms with Crippen LogP contribution in [0.5, 0.6) is 0 Å². The Labute approximate surface area is 153 Å². The van der Waals surface area contributed by atoms with Gasteiger partial charge in [0, 0.05) is 24.7 Å². The molecule has 138 valence electrons. The van der Waals surface area contributed by atoms with E-state index in [4.69, 9.17) is 0 Å². The molecule has 0 aliphatic heterocycles. The molecule has 0 aromatic heterocycles. The van der Waals surface area contributed by atoms with Gasteiger partial charge in [0.25, 0.3) is 0 Å². The second-order valence-electron chi connectivity index (χ2n) is 8.01. The largest absolute Gasteiger partial charge is 0.366 e. The van der Waals surface area contributed by atoms with Gasteiger partial charge >= 0.3 is 0 Å². The number of nitrogens with zero attached hydrogens (tertiary/aromatic N) is 1. The van der Waals surface area contributed by atoms with Crippen molar-refractivity contribution in [2.75, 3.05) is 7.05 Å². The Morgan fingerprint density at radius 2 is 1.80 bits per heavy atom. The van der Waals surface area contributed by atoms with Crippen molar-refractivity contribution < 1.29 is 4.79 Å². The molecule has 1 N–H and O–H groups in total. The zero-order valence-electron chi connectivity index (χ0n) is 16.5. The molecule has 25 heavy (non-hydrogen) atoms. The molecule has 1 aromatic carbocycles. The molecule has 1 aliphatic rings. The number of hydrogen-bond donors (Lipinski definition) is 1. The van der Waals surface area contributed by atoms with Crippen molar-refractivity contribution in [3.63, 3.8) is 0 Å². The quantitative estimate of drug-likeness (QED) is 0.787. The highest BCUT2D eigenvalue weighted by atomic mass is 16.2. The van der Waals surface area contributed by atoms with Crippen LogP contribution in [0.25, 0.3) is 0 Å². The fraction of sp³-hybridized carbons (Fsp3) is 0.591. The molecule has 3 nitrogen and oxygen atoms in total. The molecule has 1 aromatic rings. The van der Waals surface area contributed by atoms with E-state index in [-0.39, 0.29) is 23.9 Å². The molecular weight excluding hydrogens is 308 g/mol. The van der Waals surface area contributed by atoms with Crippen LogP contribution in [0.4, 0.5) is 0 Å². The zero-order valence-corrected chi connectivity index (χ0v) is 16.5. The monoisotopic (exact) mass is 342 g/mol. The molecule has 1 aliphatic carbocycles. The van der Waals surface area contributed by atoms with Crippen molar-refractivity contribution >= 4 is 5.91 Å². The first-order valence-electron chi connectivity index (χ1n) is 9.59. The third-order valence-electron chi connectivity index (χ3n) is 5.37. The van der Waals surface area contributed by atoms with Gasteiger partial charge in [0.1, 0.15) is 6.04 Å². The standard InChI is InChI=1S/C22H34N2O/c1-15(2)21(22(25)23-16(3)4)24(6)17(5)19-13-10-14-20(19)18-11-8-7-9-12-18/h7-9,11-12,15-16,19-21H,5,10,13-14H2,1-4,6H3,(H,23,25). The lowest BCUT2D eigenvalue weighted by atomic mass is 9.86. The first-order valence-corrected chi connectivity index (χ1v) is 9.59. The number of likely N-dealkylation sites (N-methyl/N-ethyl adjacent to an activating group) is 1. The molecule has 3 atom stereocenters. The number of allylic oxidation sites excluding steroid dienone is 1. The van der Waals surface area contributed by atoms with Gasteiger partial charge in [-0.3, -0.25) is 4.79 Å². The molecule has 1 amide bonds. The lowest BCUT2D eigenvalue weighted by Gasteiger charge is -2.37. The normalized spacial score (nSPS) is 21.4. The van der Waals surface area contributed by atoms with Crippen LogP contribution in [0.1, 0.15) is 58.4 Å². The summed E-state index contributed by atoms with van der Waals surface area (Å²) >= 11 is 0. The maximum Gasteiger partial charge on any atom is 0.243 e. The topological polar surface area (TPSA) is 32.3 Å². The van der Waals surface area contributed by atoms with Crippen LogP contribution in [0.15, 0.2) is 42.6 Å². The lowest BCUT2D eigenvalue weighted by Crippen LogP contribution is -2.50. The Hall–Kier alpha value is -1.77. The van der Waals surface area contributed by atoms with E-state index in [1.807, 2.05) is 20.9 Å². The summed E-state index contributed by atoms with van der Waals surface area (Å²) < 4.78 is 0. The fourth-order valence-corrected chi connectivity index (χ4v) is 4.19. The molecule has 3 unspecified atom stereocenters. The molecule has 0 bridgehead atoms. The number of rotatable bonds is 7. The average Bonchev–Trinajstić information content (AvgIpc) is 3.03. The van der Waals surface area contributed by atoms with Crippen LogP contribution >= 0.6 is 0 Å². The van der Waals surface area contributed by atoms with E-state index in [0.29, 0.717) is 11.8 Å². The second-order valence-corrected chi connectivity index (χ2v) is 8.01. The zero-order chi connectivity index (χ0) is 18.6. The van der Waals surface area contributed by atoms with Crippen molar-refractivity contribution in [2.45, 2.75) is 65.0 Å². The summed E-state index contributed by atoms with van der Waals surface area (Å²) in [6.45, 7) is 12.7. The predicted molar refractivity (Wildman–Crippen MR) is 105 cm³/mol. The van der Waals surface area contributed by atoms with Gasteiger partial charge in [0.2, 0.25) is 5.91 Å². The van der Waals surface area contributed by atoms with Gasteiger partial charge in [-0.1, -0.05) is 57.2 Å². The molecule has 0 spiro atoms. The number of hydrogen-bond acceptors (Lipinski definition) is 2. The van der Waals surface area contributed by atoms with Crippen LogP contribution in [-0.2, 0) is 4.79 Å². The number of amides is 1. The Kier molecular flexibility index (Phi) is 6.69. The smallest absolute Gasteiger partial charge is 0.243 e. The minimum Gasteiger partial charge on any atom is -0.366 e. The van der Waals surface area contributed by atoms with Crippen LogP contribution in [0.3, 0.4) is 0 Å². The highest BCUT2D eigenvalue weighted by Gasteiger charge is 2.36. The Bertz CT molecular complexity index is 579. The van der Waals surface area contributed by atoms with Gasteiger partial charge in [0.05, 0.1) is 0 Å². The molecule has 3 heteroatoms. The van der Waals surface area contributed by atoms with E-state index < -0.39 is 0 Å². The maximum atomic E-state index is 12.7. The number of carbonyl (C=O) groups is 1. The lowest BCUT2D eigenvalue weighted by molar-refractivity contribution is -0.127. The van der Waals surface area contributed by atoms with Gasteiger partial charge < -0.3 is 10.2 Å². The Morgan fingerprint density at radius 3 is 2.36 bits per heavy atom. The van der Waals surface area contributed by atoms with Crippen molar-refractivity contribution in [1.29, 1.82) is 0 Å². The van der Waals surface area contributed by atoms with Gasteiger partial charge in [-0.15, -0.1) is 0 Å². The third kappa shape index (κ3) is 4.65. The molecule has 1 fully saturated rings. The third-order valence-corrected chi connectivity index (χ3v) is 5.37. The first kappa shape index (κ1) is 19.6. The molecule has 0 heterocycles. The van der Waals surface area contributed by atoms with Crippen LogP contribution in [0, 0.1) is 11.8 Å². The molecular formula is C22H34N2O. The van der Waals surface area contributed by atoms with Crippen LogP contribution in [-0.4, -0.2) is 29.9 Å². The van der Waals surface area contributed by atoms with E-state index in [2.05, 4.69) is 61.0 Å². The summed E-state index contributed by atoms with van der Waals surface area (Å²) in [5.74, 6) is 1.26. The minimum absolute atomic E-state index is 0.0999. The molecule has 2 rings (SSSR count). The molecule has 1 saturated carbocycles. The molecule has 0 radical (unpaired) electrons. The van der Waals surface area contributed by atoms with E-state index >= 15 is 0 Å². The summed E-state index contributed by atoms with van der Waals surface area (Å²) in [6, 6.07) is 10.7.